The Hall–Kier alpha value is -2.64. The van der Waals surface area contributed by atoms with Crippen molar-refractivity contribution in [2.45, 2.75) is 19.1 Å². The van der Waals surface area contributed by atoms with E-state index >= 15 is 0 Å². The molecule has 1 amide bonds. The summed E-state index contributed by atoms with van der Waals surface area (Å²) < 4.78 is 19.0. The fraction of sp³-hybridized carbons (Fsp3) is 0.250. The molecule has 7 heteroatoms. The van der Waals surface area contributed by atoms with Gasteiger partial charge in [0.25, 0.3) is 5.91 Å². The van der Waals surface area contributed by atoms with Gasteiger partial charge in [-0.15, -0.1) is 11.3 Å². The topological polar surface area (TPSA) is 57.5 Å². The van der Waals surface area contributed by atoms with Crippen LogP contribution in [-0.4, -0.2) is 24.4 Å². The summed E-state index contributed by atoms with van der Waals surface area (Å²) in [5, 5.41) is 7.31. The Morgan fingerprint density at radius 1 is 1.19 bits per heavy atom. The van der Waals surface area contributed by atoms with E-state index in [9.17, 15) is 9.18 Å². The Bertz CT molecular complexity index is 1020. The number of furan rings is 1. The molecule has 0 saturated carbocycles. The van der Waals surface area contributed by atoms with Crippen LogP contribution in [0, 0.1) is 5.82 Å². The predicted octanol–water partition coefficient (Wildman–Crippen LogP) is 3.99. The summed E-state index contributed by atoms with van der Waals surface area (Å²) in [4.78, 5) is 16.3. The second-order valence-electron chi connectivity index (χ2n) is 6.96. The summed E-state index contributed by atoms with van der Waals surface area (Å²) in [6, 6.07) is 9.82. The van der Waals surface area contributed by atoms with Gasteiger partial charge in [-0.1, -0.05) is 0 Å². The lowest BCUT2D eigenvalue weighted by Gasteiger charge is -2.26. The molecule has 0 fully saturated rings. The molecule has 1 unspecified atom stereocenters. The first-order valence-electron chi connectivity index (χ1n) is 8.84. The molecule has 1 atom stereocenters. The number of benzene rings is 1. The van der Waals surface area contributed by atoms with Crippen LogP contribution >= 0.6 is 11.3 Å². The Kier molecular flexibility index (Phi) is 3.80. The molecule has 4 heterocycles. The predicted molar refractivity (Wildman–Crippen MR) is 102 cm³/mol. The lowest BCUT2D eigenvalue weighted by molar-refractivity contribution is 0.0930. The number of carbonyl (C=O) groups is 1. The minimum Gasteiger partial charge on any atom is -0.457 e. The Balaban J connectivity index is 1.44. The van der Waals surface area contributed by atoms with Crippen LogP contribution in [0.4, 0.5) is 9.39 Å². The van der Waals surface area contributed by atoms with Crippen LogP contribution in [0.3, 0.4) is 0 Å². The van der Waals surface area contributed by atoms with Crippen molar-refractivity contribution in [2.24, 2.45) is 0 Å². The van der Waals surface area contributed by atoms with Gasteiger partial charge in [-0.25, -0.2) is 4.39 Å². The molecule has 5 nitrogen and oxygen atoms in total. The second kappa shape index (κ2) is 6.21. The number of halogens is 1. The zero-order chi connectivity index (χ0) is 18.5. The number of hydrogen-bond donors (Lipinski definition) is 2. The van der Waals surface area contributed by atoms with Gasteiger partial charge in [0, 0.05) is 23.5 Å². The molecule has 2 N–H and O–H groups in total. The molecule has 0 bridgehead atoms. The minimum absolute atomic E-state index is 0.0597. The van der Waals surface area contributed by atoms with Crippen LogP contribution in [0.2, 0.25) is 0 Å². The number of amides is 1. The van der Waals surface area contributed by atoms with E-state index in [1.165, 1.54) is 22.6 Å². The van der Waals surface area contributed by atoms with Gasteiger partial charge in [0.1, 0.15) is 22.3 Å². The lowest BCUT2D eigenvalue weighted by atomic mass is 10.0. The summed E-state index contributed by atoms with van der Waals surface area (Å²) in [5.41, 5.74) is 2.74. The van der Waals surface area contributed by atoms with Gasteiger partial charge in [0.05, 0.1) is 5.56 Å². The Morgan fingerprint density at radius 2 is 2.00 bits per heavy atom. The van der Waals surface area contributed by atoms with E-state index < -0.39 is 6.17 Å². The molecule has 3 aromatic rings. The van der Waals surface area contributed by atoms with Gasteiger partial charge in [-0.2, -0.15) is 0 Å². The maximum absolute atomic E-state index is 13.1. The maximum atomic E-state index is 13.1. The molecular formula is C20H18FN3O2S. The third-order valence-electron chi connectivity index (χ3n) is 5.07. The third kappa shape index (κ3) is 2.83. The number of hydrogen-bond acceptors (Lipinski definition) is 5. The van der Waals surface area contributed by atoms with Crippen molar-refractivity contribution in [1.29, 1.82) is 0 Å². The molecule has 0 saturated heterocycles. The molecule has 27 heavy (non-hydrogen) atoms. The van der Waals surface area contributed by atoms with Crippen molar-refractivity contribution in [1.82, 2.24) is 10.2 Å². The molecule has 0 radical (unpaired) electrons. The van der Waals surface area contributed by atoms with E-state index in [1.807, 2.05) is 12.1 Å². The number of fused-ring (bicyclic) bond motifs is 3. The summed E-state index contributed by atoms with van der Waals surface area (Å²) in [5.74, 6) is 0.915. The number of carbonyl (C=O) groups excluding carboxylic acids is 1. The standard InChI is InChI=1S/C20H18FN3O2S/c1-24-9-8-13-16(10-24)27-20-17(13)19(25)22-18(23-20)15-7-6-14(26-15)11-2-4-12(21)5-3-11/h2-7,18,23H,8-10H2,1H3,(H,22,25). The van der Waals surface area contributed by atoms with Crippen molar-refractivity contribution in [3.8, 4) is 11.3 Å². The highest BCUT2D eigenvalue weighted by molar-refractivity contribution is 7.16. The zero-order valence-corrected chi connectivity index (χ0v) is 15.5. The highest BCUT2D eigenvalue weighted by Crippen LogP contribution is 2.41. The van der Waals surface area contributed by atoms with Crippen molar-refractivity contribution in [3.05, 3.63) is 64.0 Å². The number of nitrogens with one attached hydrogen (secondary N) is 2. The van der Waals surface area contributed by atoms with Crippen LogP contribution in [0.1, 0.15) is 32.7 Å². The minimum atomic E-state index is -0.419. The summed E-state index contributed by atoms with van der Waals surface area (Å²) in [6.45, 7) is 1.84. The van der Waals surface area contributed by atoms with Crippen LogP contribution in [0.15, 0.2) is 40.8 Å². The van der Waals surface area contributed by atoms with E-state index in [1.54, 1.807) is 23.5 Å². The fourth-order valence-corrected chi connectivity index (χ4v) is 5.02. The quantitative estimate of drug-likeness (QED) is 0.703. The molecule has 2 aliphatic heterocycles. The van der Waals surface area contributed by atoms with Crippen LogP contribution in [0.5, 0.6) is 0 Å². The molecule has 0 spiro atoms. The van der Waals surface area contributed by atoms with Crippen molar-refractivity contribution in [2.75, 3.05) is 18.9 Å². The van der Waals surface area contributed by atoms with Crippen molar-refractivity contribution in [3.63, 3.8) is 0 Å². The second-order valence-corrected chi connectivity index (χ2v) is 8.06. The molecule has 1 aromatic carbocycles. The molecule has 5 rings (SSSR count). The van der Waals surface area contributed by atoms with E-state index in [0.717, 1.165) is 35.6 Å². The number of anilines is 1. The van der Waals surface area contributed by atoms with Gasteiger partial charge >= 0.3 is 0 Å². The summed E-state index contributed by atoms with van der Waals surface area (Å²) in [7, 11) is 2.10. The van der Waals surface area contributed by atoms with Gasteiger partial charge in [0.2, 0.25) is 0 Å². The highest BCUT2D eigenvalue weighted by atomic mass is 32.1. The maximum Gasteiger partial charge on any atom is 0.256 e. The van der Waals surface area contributed by atoms with Crippen LogP contribution in [-0.2, 0) is 13.0 Å². The van der Waals surface area contributed by atoms with Gasteiger partial charge in [-0.3, -0.25) is 4.79 Å². The SMILES string of the molecule is CN1CCc2c(sc3c2C(=O)NC(c2ccc(-c4ccc(F)cc4)o2)N3)C1. The Labute approximate surface area is 159 Å². The number of nitrogens with zero attached hydrogens (tertiary/aromatic N) is 1. The van der Waals surface area contributed by atoms with E-state index in [2.05, 4.69) is 22.6 Å². The lowest BCUT2D eigenvalue weighted by Crippen LogP contribution is -2.38. The molecule has 2 aromatic heterocycles. The van der Waals surface area contributed by atoms with Gasteiger partial charge in [-0.05, 0) is 55.4 Å². The van der Waals surface area contributed by atoms with Gasteiger partial charge < -0.3 is 20.0 Å². The first-order valence-corrected chi connectivity index (χ1v) is 9.66. The molecular weight excluding hydrogens is 365 g/mol. The van der Waals surface area contributed by atoms with Crippen LogP contribution < -0.4 is 10.6 Å². The smallest absolute Gasteiger partial charge is 0.256 e. The van der Waals surface area contributed by atoms with Crippen LogP contribution in [0.25, 0.3) is 11.3 Å². The van der Waals surface area contributed by atoms with E-state index in [-0.39, 0.29) is 11.7 Å². The van der Waals surface area contributed by atoms with Crippen molar-refractivity contribution >= 4 is 22.2 Å². The van der Waals surface area contributed by atoms with E-state index in [0.29, 0.717) is 11.5 Å². The largest absolute Gasteiger partial charge is 0.457 e. The number of rotatable bonds is 2. The normalized spacial score (nSPS) is 19.2. The number of thiophene rings is 1. The first kappa shape index (κ1) is 16.5. The number of likely N-dealkylation sites (N-methyl/N-ethyl adjacent to an activating group) is 1. The van der Waals surface area contributed by atoms with Crippen molar-refractivity contribution < 1.29 is 13.6 Å². The van der Waals surface area contributed by atoms with E-state index in [4.69, 9.17) is 4.42 Å². The first-order chi connectivity index (χ1) is 13.1. The average molecular weight is 383 g/mol. The summed E-state index contributed by atoms with van der Waals surface area (Å²) >= 11 is 1.65. The molecule has 0 aliphatic carbocycles. The molecule has 2 aliphatic rings. The zero-order valence-electron chi connectivity index (χ0n) is 14.7. The highest BCUT2D eigenvalue weighted by Gasteiger charge is 2.33. The Morgan fingerprint density at radius 3 is 2.81 bits per heavy atom. The monoisotopic (exact) mass is 383 g/mol. The average Bonchev–Trinajstić information content (AvgIpc) is 3.26. The third-order valence-corrected chi connectivity index (χ3v) is 6.21. The summed E-state index contributed by atoms with van der Waals surface area (Å²) in [6.07, 6.45) is 0.476. The molecule has 138 valence electrons. The fourth-order valence-electron chi connectivity index (χ4n) is 3.66. The van der Waals surface area contributed by atoms with Gasteiger partial charge in [0.15, 0.2) is 6.17 Å².